The summed E-state index contributed by atoms with van der Waals surface area (Å²) >= 11 is 5.79. The molecule has 5 heteroatoms. The molecule has 1 aromatic carbocycles. The van der Waals surface area contributed by atoms with Crippen LogP contribution in [0.1, 0.15) is 25.8 Å². The first-order valence-corrected chi connectivity index (χ1v) is 6.56. The summed E-state index contributed by atoms with van der Waals surface area (Å²) in [4.78, 5) is 24.3. The monoisotopic (exact) mass is 283 g/mol. The number of aliphatic carboxylic acids is 1. The summed E-state index contributed by atoms with van der Waals surface area (Å²) in [5.41, 5.74) is 0.863. The summed E-state index contributed by atoms with van der Waals surface area (Å²) in [6, 6.07) is 7.04. The van der Waals surface area contributed by atoms with E-state index in [-0.39, 0.29) is 24.9 Å². The quantitative estimate of drug-likeness (QED) is 0.873. The number of hydrogen-bond acceptors (Lipinski definition) is 2. The van der Waals surface area contributed by atoms with Gasteiger partial charge in [-0.15, -0.1) is 0 Å². The predicted molar refractivity (Wildman–Crippen MR) is 74.0 cm³/mol. The summed E-state index contributed by atoms with van der Waals surface area (Å²) in [5.74, 6) is -1.32. The van der Waals surface area contributed by atoms with Crippen LogP contribution in [-0.4, -0.2) is 28.4 Å². The molecule has 0 fully saturated rings. The molecule has 0 radical (unpaired) electrons. The predicted octanol–water partition coefficient (Wildman–Crippen LogP) is 2.80. The maximum Gasteiger partial charge on any atom is 0.323 e. The highest BCUT2D eigenvalue weighted by molar-refractivity contribution is 6.30. The number of halogens is 1. The van der Waals surface area contributed by atoms with Gasteiger partial charge in [0, 0.05) is 17.5 Å². The van der Waals surface area contributed by atoms with Crippen LogP contribution in [0.3, 0.4) is 0 Å². The summed E-state index contributed by atoms with van der Waals surface area (Å²) < 4.78 is 0. The topological polar surface area (TPSA) is 57.6 Å². The Balaban J connectivity index is 2.82. The van der Waals surface area contributed by atoms with Gasteiger partial charge in [0.2, 0.25) is 5.91 Å². The number of carboxylic acids is 1. The van der Waals surface area contributed by atoms with E-state index >= 15 is 0 Å². The van der Waals surface area contributed by atoms with Crippen LogP contribution in [0.15, 0.2) is 24.3 Å². The number of carbonyl (C=O) groups excluding carboxylic acids is 1. The number of benzene rings is 1. The molecule has 0 bridgehead atoms. The Morgan fingerprint density at radius 3 is 2.37 bits per heavy atom. The van der Waals surface area contributed by atoms with E-state index in [0.717, 1.165) is 5.56 Å². The molecule has 0 aromatic heterocycles. The SMILES string of the molecule is CCC(C)C(=O)N(CC(=O)O)Cc1ccc(Cl)cc1. The fourth-order valence-corrected chi connectivity index (χ4v) is 1.80. The van der Waals surface area contributed by atoms with Crippen LogP contribution < -0.4 is 0 Å². The molecular weight excluding hydrogens is 266 g/mol. The van der Waals surface area contributed by atoms with E-state index < -0.39 is 5.97 Å². The molecule has 0 spiro atoms. The van der Waals surface area contributed by atoms with Crippen molar-refractivity contribution in [2.45, 2.75) is 26.8 Å². The first-order chi connectivity index (χ1) is 8.93. The minimum absolute atomic E-state index is 0.139. The fraction of sp³-hybridized carbons (Fsp3) is 0.429. The van der Waals surface area contributed by atoms with Gasteiger partial charge in [-0.1, -0.05) is 37.6 Å². The molecule has 4 nitrogen and oxygen atoms in total. The van der Waals surface area contributed by atoms with Gasteiger partial charge in [0.15, 0.2) is 0 Å². The van der Waals surface area contributed by atoms with Gasteiger partial charge in [-0.2, -0.15) is 0 Å². The lowest BCUT2D eigenvalue weighted by atomic mass is 10.1. The van der Waals surface area contributed by atoms with Crippen molar-refractivity contribution < 1.29 is 14.7 Å². The highest BCUT2D eigenvalue weighted by Gasteiger charge is 2.21. The van der Waals surface area contributed by atoms with E-state index in [2.05, 4.69) is 0 Å². The van der Waals surface area contributed by atoms with Gasteiger partial charge >= 0.3 is 5.97 Å². The average Bonchev–Trinajstić information content (AvgIpc) is 2.38. The second-order valence-electron chi connectivity index (χ2n) is 4.52. The Hall–Kier alpha value is -1.55. The van der Waals surface area contributed by atoms with Gasteiger partial charge in [0.1, 0.15) is 6.54 Å². The zero-order valence-corrected chi connectivity index (χ0v) is 11.9. The summed E-state index contributed by atoms with van der Waals surface area (Å²) in [6.45, 7) is 3.71. The number of nitrogens with zero attached hydrogens (tertiary/aromatic N) is 1. The van der Waals surface area contributed by atoms with Crippen LogP contribution in [0, 0.1) is 5.92 Å². The van der Waals surface area contributed by atoms with Gasteiger partial charge in [0.25, 0.3) is 0 Å². The van der Waals surface area contributed by atoms with Crippen molar-refractivity contribution in [3.05, 3.63) is 34.9 Å². The molecule has 19 heavy (non-hydrogen) atoms. The number of hydrogen-bond donors (Lipinski definition) is 1. The Morgan fingerprint density at radius 2 is 1.89 bits per heavy atom. The van der Waals surface area contributed by atoms with Gasteiger partial charge in [-0.05, 0) is 24.1 Å². The van der Waals surface area contributed by atoms with Crippen molar-refractivity contribution in [1.29, 1.82) is 0 Å². The number of rotatable bonds is 6. The number of carbonyl (C=O) groups is 2. The highest BCUT2D eigenvalue weighted by Crippen LogP contribution is 2.14. The maximum atomic E-state index is 12.1. The van der Waals surface area contributed by atoms with Crippen LogP contribution in [0.4, 0.5) is 0 Å². The van der Waals surface area contributed by atoms with E-state index in [1.54, 1.807) is 31.2 Å². The normalized spacial score (nSPS) is 11.9. The van der Waals surface area contributed by atoms with Crippen molar-refractivity contribution in [2.24, 2.45) is 5.92 Å². The molecule has 1 atom stereocenters. The molecule has 1 rings (SSSR count). The van der Waals surface area contributed by atoms with Crippen molar-refractivity contribution in [2.75, 3.05) is 6.54 Å². The third kappa shape index (κ3) is 4.91. The Labute approximate surface area is 118 Å². The maximum absolute atomic E-state index is 12.1. The second-order valence-corrected chi connectivity index (χ2v) is 4.96. The molecule has 1 aromatic rings. The second kappa shape index (κ2) is 7.14. The van der Waals surface area contributed by atoms with E-state index in [1.807, 2.05) is 6.92 Å². The zero-order valence-electron chi connectivity index (χ0n) is 11.1. The molecule has 0 heterocycles. The zero-order chi connectivity index (χ0) is 14.4. The van der Waals surface area contributed by atoms with Crippen LogP contribution in [0.25, 0.3) is 0 Å². The minimum Gasteiger partial charge on any atom is -0.480 e. The largest absolute Gasteiger partial charge is 0.480 e. The number of amides is 1. The number of carboxylic acid groups (broad SMARTS) is 1. The van der Waals surface area contributed by atoms with Gasteiger partial charge in [0.05, 0.1) is 0 Å². The Morgan fingerprint density at radius 1 is 1.32 bits per heavy atom. The summed E-state index contributed by atoms with van der Waals surface area (Å²) in [6.07, 6.45) is 0.690. The Kier molecular flexibility index (Phi) is 5.83. The van der Waals surface area contributed by atoms with Crippen LogP contribution in [0.5, 0.6) is 0 Å². The molecule has 0 aliphatic heterocycles. The third-order valence-corrected chi connectivity index (χ3v) is 3.21. The first kappa shape index (κ1) is 15.5. The molecule has 1 amide bonds. The summed E-state index contributed by atoms with van der Waals surface area (Å²) in [7, 11) is 0. The molecule has 1 N–H and O–H groups in total. The Bertz CT molecular complexity index is 445. The molecule has 0 aliphatic rings. The van der Waals surface area contributed by atoms with Crippen molar-refractivity contribution in [1.82, 2.24) is 4.90 Å². The fourth-order valence-electron chi connectivity index (χ4n) is 1.67. The van der Waals surface area contributed by atoms with Crippen molar-refractivity contribution >= 4 is 23.5 Å². The molecule has 1 unspecified atom stereocenters. The lowest BCUT2D eigenvalue weighted by Gasteiger charge is -2.23. The smallest absolute Gasteiger partial charge is 0.323 e. The summed E-state index contributed by atoms with van der Waals surface area (Å²) in [5, 5.41) is 9.51. The molecular formula is C14H18ClNO3. The van der Waals surface area contributed by atoms with Gasteiger partial charge < -0.3 is 10.0 Å². The lowest BCUT2D eigenvalue weighted by Crippen LogP contribution is -2.38. The standard InChI is InChI=1S/C14H18ClNO3/c1-3-10(2)14(19)16(9-13(17)18)8-11-4-6-12(15)7-5-11/h4-7,10H,3,8-9H2,1-2H3,(H,17,18). The van der Waals surface area contributed by atoms with Gasteiger partial charge in [-0.3, -0.25) is 9.59 Å². The van der Waals surface area contributed by atoms with E-state index in [1.165, 1.54) is 4.90 Å². The van der Waals surface area contributed by atoms with E-state index in [9.17, 15) is 9.59 Å². The molecule has 104 valence electrons. The van der Waals surface area contributed by atoms with Crippen LogP contribution >= 0.6 is 11.6 Å². The average molecular weight is 284 g/mol. The first-order valence-electron chi connectivity index (χ1n) is 6.19. The molecule has 0 saturated heterocycles. The van der Waals surface area contributed by atoms with Crippen molar-refractivity contribution in [3.8, 4) is 0 Å². The minimum atomic E-state index is -1.01. The van der Waals surface area contributed by atoms with Gasteiger partial charge in [-0.25, -0.2) is 0 Å². The highest BCUT2D eigenvalue weighted by atomic mass is 35.5. The van der Waals surface area contributed by atoms with E-state index in [4.69, 9.17) is 16.7 Å². The molecule has 0 aliphatic carbocycles. The molecule has 0 saturated carbocycles. The van der Waals surface area contributed by atoms with Crippen molar-refractivity contribution in [3.63, 3.8) is 0 Å². The van der Waals surface area contributed by atoms with E-state index in [0.29, 0.717) is 11.4 Å². The third-order valence-electron chi connectivity index (χ3n) is 2.96. The lowest BCUT2D eigenvalue weighted by molar-refractivity contribution is -0.146. The van der Waals surface area contributed by atoms with Crippen LogP contribution in [0.2, 0.25) is 5.02 Å². The van der Waals surface area contributed by atoms with Crippen LogP contribution in [-0.2, 0) is 16.1 Å².